The van der Waals surface area contributed by atoms with E-state index in [1.807, 2.05) is 0 Å². The molecule has 0 bridgehead atoms. The van der Waals surface area contributed by atoms with E-state index in [0.29, 0.717) is 5.69 Å². The fourth-order valence-corrected chi connectivity index (χ4v) is 1.28. The molecule has 0 spiro atoms. The van der Waals surface area contributed by atoms with Gasteiger partial charge in [-0.3, -0.25) is 5.32 Å². The number of rotatable bonds is 4. The van der Waals surface area contributed by atoms with E-state index in [-0.39, 0.29) is 18.9 Å². The summed E-state index contributed by atoms with van der Waals surface area (Å²) in [5.41, 5.74) is 5.07. The number of halogens is 1. The fraction of sp³-hybridized carbons (Fsp3) is 0.462. The van der Waals surface area contributed by atoms with Gasteiger partial charge in [-0.05, 0) is 32.9 Å². The van der Waals surface area contributed by atoms with E-state index in [1.54, 1.807) is 20.8 Å². The number of carbonyl (C=O) groups excluding carboxylic acids is 1. The summed E-state index contributed by atoms with van der Waals surface area (Å²) in [6.07, 6.45) is -0.608. The van der Waals surface area contributed by atoms with Crippen molar-refractivity contribution in [2.75, 3.05) is 18.5 Å². The highest BCUT2D eigenvalue weighted by Crippen LogP contribution is 2.22. The van der Waals surface area contributed by atoms with Gasteiger partial charge in [-0.2, -0.15) is 0 Å². The molecule has 0 aliphatic rings. The zero-order chi connectivity index (χ0) is 14.5. The normalized spacial score (nSPS) is 11.0. The molecule has 0 heterocycles. The van der Waals surface area contributed by atoms with Crippen molar-refractivity contribution in [2.24, 2.45) is 5.73 Å². The SMILES string of the molecule is CC(C)(C)OC(=O)Nc1ccc(F)c(OCCN)c1. The molecule has 6 heteroatoms. The van der Waals surface area contributed by atoms with Gasteiger partial charge in [0.1, 0.15) is 12.2 Å². The molecule has 5 nitrogen and oxygen atoms in total. The quantitative estimate of drug-likeness (QED) is 0.881. The third-order valence-electron chi connectivity index (χ3n) is 1.95. The van der Waals surface area contributed by atoms with Crippen LogP contribution in [-0.2, 0) is 4.74 Å². The molecule has 1 rings (SSSR count). The smallest absolute Gasteiger partial charge is 0.412 e. The number of nitrogens with one attached hydrogen (secondary N) is 1. The van der Waals surface area contributed by atoms with Crippen LogP contribution in [0.2, 0.25) is 0 Å². The highest BCUT2D eigenvalue weighted by molar-refractivity contribution is 5.85. The van der Waals surface area contributed by atoms with Gasteiger partial charge in [-0.15, -0.1) is 0 Å². The first-order valence-electron chi connectivity index (χ1n) is 5.94. The molecular formula is C13H19FN2O3. The summed E-state index contributed by atoms with van der Waals surface area (Å²) in [7, 11) is 0. The molecule has 3 N–H and O–H groups in total. The lowest BCUT2D eigenvalue weighted by Crippen LogP contribution is -2.27. The van der Waals surface area contributed by atoms with Crippen molar-refractivity contribution in [3.05, 3.63) is 24.0 Å². The van der Waals surface area contributed by atoms with E-state index in [9.17, 15) is 9.18 Å². The molecule has 0 fully saturated rings. The topological polar surface area (TPSA) is 73.6 Å². The van der Waals surface area contributed by atoms with E-state index < -0.39 is 17.5 Å². The monoisotopic (exact) mass is 270 g/mol. The fourth-order valence-electron chi connectivity index (χ4n) is 1.28. The highest BCUT2D eigenvalue weighted by Gasteiger charge is 2.16. The maximum Gasteiger partial charge on any atom is 0.412 e. The number of ether oxygens (including phenoxy) is 2. The van der Waals surface area contributed by atoms with Crippen molar-refractivity contribution in [1.29, 1.82) is 0 Å². The van der Waals surface area contributed by atoms with Crippen molar-refractivity contribution < 1.29 is 18.7 Å². The van der Waals surface area contributed by atoms with Crippen LogP contribution in [0.25, 0.3) is 0 Å². The molecule has 1 amide bonds. The number of carbonyl (C=O) groups is 1. The zero-order valence-electron chi connectivity index (χ0n) is 11.3. The molecule has 106 valence electrons. The molecule has 0 atom stereocenters. The third-order valence-corrected chi connectivity index (χ3v) is 1.95. The molecule has 0 unspecified atom stereocenters. The molecule has 0 aromatic heterocycles. The Morgan fingerprint density at radius 3 is 2.68 bits per heavy atom. The van der Waals surface area contributed by atoms with Crippen LogP contribution in [0.3, 0.4) is 0 Å². The van der Waals surface area contributed by atoms with Crippen LogP contribution < -0.4 is 15.8 Å². The third kappa shape index (κ3) is 5.56. The van der Waals surface area contributed by atoms with Crippen LogP contribution in [0.15, 0.2) is 18.2 Å². The van der Waals surface area contributed by atoms with Crippen LogP contribution >= 0.6 is 0 Å². The van der Waals surface area contributed by atoms with Gasteiger partial charge in [0, 0.05) is 18.3 Å². The van der Waals surface area contributed by atoms with Crippen LogP contribution in [0.5, 0.6) is 5.75 Å². The van der Waals surface area contributed by atoms with Crippen molar-refractivity contribution in [3.63, 3.8) is 0 Å². The predicted molar refractivity (Wildman–Crippen MR) is 70.8 cm³/mol. The Labute approximate surface area is 111 Å². The number of nitrogens with two attached hydrogens (primary N) is 1. The minimum absolute atomic E-state index is 0.0407. The Balaban J connectivity index is 2.71. The van der Waals surface area contributed by atoms with E-state index in [1.165, 1.54) is 18.2 Å². The van der Waals surface area contributed by atoms with Crippen molar-refractivity contribution >= 4 is 11.8 Å². The minimum atomic E-state index is -0.608. The van der Waals surface area contributed by atoms with Gasteiger partial charge in [0.25, 0.3) is 0 Å². The molecule has 0 saturated carbocycles. The van der Waals surface area contributed by atoms with E-state index in [2.05, 4.69) is 5.32 Å². The molecule has 1 aromatic rings. The Hall–Kier alpha value is -1.82. The first-order valence-corrected chi connectivity index (χ1v) is 5.94. The number of anilines is 1. The van der Waals surface area contributed by atoms with Crippen molar-refractivity contribution in [2.45, 2.75) is 26.4 Å². The summed E-state index contributed by atoms with van der Waals surface area (Å²) >= 11 is 0. The van der Waals surface area contributed by atoms with Gasteiger partial charge < -0.3 is 15.2 Å². The van der Waals surface area contributed by atoms with Gasteiger partial charge in [0.05, 0.1) is 0 Å². The van der Waals surface area contributed by atoms with E-state index in [0.717, 1.165) is 0 Å². The molecule has 0 radical (unpaired) electrons. The molecule has 0 aliphatic carbocycles. The summed E-state index contributed by atoms with van der Waals surface area (Å²) < 4.78 is 23.6. The molecule has 19 heavy (non-hydrogen) atoms. The standard InChI is InChI=1S/C13H19FN2O3/c1-13(2,3)19-12(17)16-9-4-5-10(14)11(8-9)18-7-6-15/h4-5,8H,6-7,15H2,1-3H3,(H,16,17). The first-order chi connectivity index (χ1) is 8.81. The van der Waals surface area contributed by atoms with Crippen LogP contribution in [-0.4, -0.2) is 24.8 Å². The van der Waals surface area contributed by atoms with Crippen molar-refractivity contribution in [1.82, 2.24) is 0 Å². The summed E-state index contributed by atoms with van der Waals surface area (Å²) in [6.45, 7) is 5.75. The average molecular weight is 270 g/mol. The van der Waals surface area contributed by atoms with Gasteiger partial charge in [-0.1, -0.05) is 0 Å². The van der Waals surface area contributed by atoms with Crippen LogP contribution in [0, 0.1) is 5.82 Å². The number of hydrogen-bond donors (Lipinski definition) is 2. The Bertz CT molecular complexity index is 444. The minimum Gasteiger partial charge on any atom is -0.489 e. The summed E-state index contributed by atoms with van der Waals surface area (Å²) in [5, 5.41) is 2.50. The Morgan fingerprint density at radius 1 is 1.42 bits per heavy atom. The summed E-state index contributed by atoms with van der Waals surface area (Å²) in [6, 6.07) is 4.02. The maximum absolute atomic E-state index is 13.4. The Kier molecular flexibility index (Phi) is 5.11. The molecule has 1 aromatic carbocycles. The molecule has 0 saturated heterocycles. The molecular weight excluding hydrogens is 251 g/mol. The van der Waals surface area contributed by atoms with E-state index in [4.69, 9.17) is 15.2 Å². The van der Waals surface area contributed by atoms with Gasteiger partial charge in [0.15, 0.2) is 11.6 Å². The highest BCUT2D eigenvalue weighted by atomic mass is 19.1. The predicted octanol–water partition coefficient (Wildman–Crippen LogP) is 2.51. The lowest BCUT2D eigenvalue weighted by Gasteiger charge is -2.19. The Morgan fingerprint density at radius 2 is 2.11 bits per heavy atom. The largest absolute Gasteiger partial charge is 0.489 e. The lowest BCUT2D eigenvalue weighted by atomic mass is 10.2. The number of benzene rings is 1. The van der Waals surface area contributed by atoms with Crippen molar-refractivity contribution in [3.8, 4) is 5.75 Å². The first kappa shape index (κ1) is 15.2. The van der Waals surface area contributed by atoms with Crippen LogP contribution in [0.1, 0.15) is 20.8 Å². The summed E-state index contributed by atoms with van der Waals surface area (Å²) in [5.74, 6) is -0.470. The van der Waals surface area contributed by atoms with Gasteiger partial charge in [0.2, 0.25) is 0 Å². The zero-order valence-corrected chi connectivity index (χ0v) is 11.3. The molecule has 0 aliphatic heterocycles. The maximum atomic E-state index is 13.4. The summed E-state index contributed by atoms with van der Waals surface area (Å²) in [4.78, 5) is 11.6. The second-order valence-corrected chi connectivity index (χ2v) is 4.91. The number of hydrogen-bond acceptors (Lipinski definition) is 4. The van der Waals surface area contributed by atoms with Gasteiger partial charge >= 0.3 is 6.09 Å². The van der Waals surface area contributed by atoms with Gasteiger partial charge in [-0.25, -0.2) is 9.18 Å². The number of amides is 1. The van der Waals surface area contributed by atoms with Crippen LogP contribution in [0.4, 0.5) is 14.9 Å². The lowest BCUT2D eigenvalue weighted by molar-refractivity contribution is 0.0636. The second kappa shape index (κ2) is 6.38. The second-order valence-electron chi connectivity index (χ2n) is 4.91. The average Bonchev–Trinajstić information content (AvgIpc) is 2.27. The van der Waals surface area contributed by atoms with E-state index >= 15 is 0 Å².